The number of aliphatic hydroxyl groups is 1. The van der Waals surface area contributed by atoms with Crippen LogP contribution in [0.1, 0.15) is 17.5 Å². The Kier molecular flexibility index (Phi) is 7.37. The van der Waals surface area contributed by atoms with E-state index >= 15 is 0 Å². The molecule has 134 valence electrons. The third-order valence-electron chi connectivity index (χ3n) is 3.68. The highest BCUT2D eigenvalue weighted by molar-refractivity contribution is 5.66. The molecule has 0 heterocycles. The summed E-state index contributed by atoms with van der Waals surface area (Å²) in [5.41, 5.74) is 1.84. The predicted molar refractivity (Wildman–Crippen MR) is 91.8 cm³/mol. The van der Waals surface area contributed by atoms with Gasteiger partial charge >= 0.3 is 5.97 Å². The van der Waals surface area contributed by atoms with Crippen molar-refractivity contribution in [2.45, 2.75) is 19.6 Å². The Hall–Kier alpha value is -2.44. The lowest BCUT2D eigenvalue weighted by Crippen LogP contribution is -2.28. The summed E-state index contributed by atoms with van der Waals surface area (Å²) in [6.45, 7) is 1.62. The van der Waals surface area contributed by atoms with Crippen molar-refractivity contribution in [1.82, 2.24) is 4.90 Å². The van der Waals surface area contributed by atoms with E-state index < -0.39 is 5.97 Å². The Morgan fingerprint density at radius 2 is 1.84 bits per heavy atom. The highest BCUT2D eigenvalue weighted by Crippen LogP contribution is 2.17. The molecule has 0 aromatic heterocycles. The van der Waals surface area contributed by atoms with Crippen LogP contribution in [0.25, 0.3) is 0 Å². The van der Waals surface area contributed by atoms with Crippen molar-refractivity contribution in [1.29, 1.82) is 0 Å². The first kappa shape index (κ1) is 18.9. The van der Waals surface area contributed by atoms with Crippen LogP contribution in [-0.2, 0) is 17.9 Å². The van der Waals surface area contributed by atoms with E-state index in [1.54, 1.807) is 12.1 Å². The molecule has 0 bridgehead atoms. The second-order valence-corrected chi connectivity index (χ2v) is 5.71. The van der Waals surface area contributed by atoms with E-state index in [1.165, 1.54) is 12.1 Å². The molecule has 0 saturated carbocycles. The standard InChI is InChI=1S/C19H22FNO4/c20-17-6-4-15(5-7-17)14-25-18-3-1-2-16(12-18)13-21(10-11-22)9-8-19(23)24/h1-7,12,22H,8-11,13-14H2,(H,23,24). The number of rotatable bonds is 10. The number of benzene rings is 2. The first-order chi connectivity index (χ1) is 12.1. The van der Waals surface area contributed by atoms with Crippen LogP contribution in [0.2, 0.25) is 0 Å². The third-order valence-corrected chi connectivity index (χ3v) is 3.68. The van der Waals surface area contributed by atoms with Gasteiger partial charge in [0.15, 0.2) is 0 Å². The highest BCUT2D eigenvalue weighted by atomic mass is 19.1. The van der Waals surface area contributed by atoms with E-state index in [4.69, 9.17) is 14.9 Å². The summed E-state index contributed by atoms with van der Waals surface area (Å²) in [6, 6.07) is 13.6. The molecule has 25 heavy (non-hydrogen) atoms. The van der Waals surface area contributed by atoms with Gasteiger partial charge in [-0.05, 0) is 35.4 Å². The molecular weight excluding hydrogens is 325 g/mol. The van der Waals surface area contributed by atoms with Gasteiger partial charge in [0.2, 0.25) is 0 Å². The summed E-state index contributed by atoms with van der Waals surface area (Å²) < 4.78 is 18.6. The zero-order valence-electron chi connectivity index (χ0n) is 13.9. The maximum atomic E-state index is 12.9. The predicted octanol–water partition coefficient (Wildman–Crippen LogP) is 2.67. The molecule has 2 aromatic carbocycles. The molecule has 6 heteroatoms. The Bertz CT molecular complexity index is 675. The Balaban J connectivity index is 1.94. The van der Waals surface area contributed by atoms with Crippen molar-refractivity contribution < 1.29 is 24.1 Å². The number of hydrogen-bond acceptors (Lipinski definition) is 4. The summed E-state index contributed by atoms with van der Waals surface area (Å²) in [5.74, 6) is -0.459. The SMILES string of the molecule is O=C(O)CCN(CCO)Cc1cccc(OCc2ccc(F)cc2)c1. The molecule has 0 unspecified atom stereocenters. The molecule has 5 nitrogen and oxygen atoms in total. The van der Waals surface area contributed by atoms with Gasteiger partial charge in [0.25, 0.3) is 0 Å². The first-order valence-corrected chi connectivity index (χ1v) is 8.08. The molecule has 0 aliphatic heterocycles. The maximum Gasteiger partial charge on any atom is 0.304 e. The fourth-order valence-electron chi connectivity index (χ4n) is 2.40. The summed E-state index contributed by atoms with van der Waals surface area (Å²) in [5, 5.41) is 17.9. The van der Waals surface area contributed by atoms with Gasteiger partial charge in [-0.25, -0.2) is 4.39 Å². The molecule has 0 amide bonds. The molecule has 0 aliphatic rings. The van der Waals surface area contributed by atoms with Crippen molar-refractivity contribution in [3.05, 3.63) is 65.5 Å². The maximum absolute atomic E-state index is 12.9. The minimum atomic E-state index is -0.862. The third kappa shape index (κ3) is 6.91. The second kappa shape index (κ2) is 9.76. The molecule has 0 atom stereocenters. The molecule has 0 fully saturated rings. The van der Waals surface area contributed by atoms with Crippen molar-refractivity contribution in [2.75, 3.05) is 19.7 Å². The monoisotopic (exact) mass is 347 g/mol. The molecule has 2 rings (SSSR count). The average Bonchev–Trinajstić information content (AvgIpc) is 2.60. The molecule has 0 saturated heterocycles. The zero-order valence-corrected chi connectivity index (χ0v) is 13.9. The number of carboxylic acid groups (broad SMARTS) is 1. The Morgan fingerprint density at radius 1 is 1.08 bits per heavy atom. The number of ether oxygens (including phenoxy) is 1. The van der Waals surface area contributed by atoms with Crippen LogP contribution >= 0.6 is 0 Å². The van der Waals surface area contributed by atoms with E-state index in [2.05, 4.69) is 0 Å². The summed E-state index contributed by atoms with van der Waals surface area (Å²) in [4.78, 5) is 12.6. The van der Waals surface area contributed by atoms with Gasteiger partial charge in [0.1, 0.15) is 18.2 Å². The number of aliphatic carboxylic acids is 1. The van der Waals surface area contributed by atoms with Gasteiger partial charge in [0.05, 0.1) is 13.0 Å². The fourth-order valence-corrected chi connectivity index (χ4v) is 2.40. The lowest BCUT2D eigenvalue weighted by atomic mass is 10.2. The lowest BCUT2D eigenvalue weighted by Gasteiger charge is -2.20. The molecule has 0 radical (unpaired) electrons. The van der Waals surface area contributed by atoms with Gasteiger partial charge in [0, 0.05) is 19.6 Å². The second-order valence-electron chi connectivity index (χ2n) is 5.71. The summed E-state index contributed by atoms with van der Waals surface area (Å²) in [6.07, 6.45) is 0.0285. The molecule has 0 aliphatic carbocycles. The largest absolute Gasteiger partial charge is 0.489 e. The van der Waals surface area contributed by atoms with Crippen LogP contribution in [-0.4, -0.2) is 40.8 Å². The number of nitrogens with zero attached hydrogens (tertiary/aromatic N) is 1. The number of carbonyl (C=O) groups is 1. The van der Waals surface area contributed by atoms with E-state index in [1.807, 2.05) is 29.2 Å². The van der Waals surface area contributed by atoms with E-state index in [-0.39, 0.29) is 18.8 Å². The molecule has 0 spiro atoms. The van der Waals surface area contributed by atoms with Crippen LogP contribution < -0.4 is 4.74 Å². The van der Waals surface area contributed by atoms with Gasteiger partial charge < -0.3 is 14.9 Å². The Labute approximate surface area is 146 Å². The Morgan fingerprint density at radius 3 is 2.52 bits per heavy atom. The van der Waals surface area contributed by atoms with E-state index in [0.717, 1.165) is 11.1 Å². The molecular formula is C19H22FNO4. The van der Waals surface area contributed by atoms with Crippen LogP contribution in [0, 0.1) is 5.82 Å². The minimum Gasteiger partial charge on any atom is -0.489 e. The topological polar surface area (TPSA) is 70.0 Å². The summed E-state index contributed by atoms with van der Waals surface area (Å²) >= 11 is 0. The van der Waals surface area contributed by atoms with Crippen LogP contribution in [0.15, 0.2) is 48.5 Å². The molecule has 2 N–H and O–H groups in total. The minimum absolute atomic E-state index is 0.0274. The summed E-state index contributed by atoms with van der Waals surface area (Å²) in [7, 11) is 0. The number of aliphatic hydroxyl groups excluding tert-OH is 1. The van der Waals surface area contributed by atoms with Gasteiger partial charge in [-0.15, -0.1) is 0 Å². The normalized spacial score (nSPS) is 10.8. The highest BCUT2D eigenvalue weighted by Gasteiger charge is 2.09. The first-order valence-electron chi connectivity index (χ1n) is 8.08. The van der Waals surface area contributed by atoms with Crippen LogP contribution in [0.3, 0.4) is 0 Å². The number of hydrogen-bond donors (Lipinski definition) is 2. The van der Waals surface area contributed by atoms with Crippen molar-refractivity contribution in [3.63, 3.8) is 0 Å². The van der Waals surface area contributed by atoms with Gasteiger partial charge in [-0.2, -0.15) is 0 Å². The van der Waals surface area contributed by atoms with Crippen molar-refractivity contribution >= 4 is 5.97 Å². The van der Waals surface area contributed by atoms with E-state index in [0.29, 0.717) is 32.0 Å². The average molecular weight is 347 g/mol. The van der Waals surface area contributed by atoms with Crippen LogP contribution in [0.5, 0.6) is 5.75 Å². The zero-order chi connectivity index (χ0) is 18.1. The fraction of sp³-hybridized carbons (Fsp3) is 0.316. The van der Waals surface area contributed by atoms with Crippen LogP contribution in [0.4, 0.5) is 4.39 Å². The quantitative estimate of drug-likeness (QED) is 0.691. The number of halogens is 1. The smallest absolute Gasteiger partial charge is 0.304 e. The van der Waals surface area contributed by atoms with Crippen molar-refractivity contribution in [2.24, 2.45) is 0 Å². The molecule has 2 aromatic rings. The van der Waals surface area contributed by atoms with Crippen molar-refractivity contribution in [3.8, 4) is 5.75 Å². The lowest BCUT2D eigenvalue weighted by molar-refractivity contribution is -0.137. The van der Waals surface area contributed by atoms with Gasteiger partial charge in [-0.3, -0.25) is 9.69 Å². The van der Waals surface area contributed by atoms with Gasteiger partial charge in [-0.1, -0.05) is 24.3 Å². The van der Waals surface area contributed by atoms with E-state index in [9.17, 15) is 9.18 Å². The number of carboxylic acids is 1.